The molecule has 0 heterocycles. The Morgan fingerprint density at radius 1 is 1.29 bits per heavy atom. The summed E-state index contributed by atoms with van der Waals surface area (Å²) in [4.78, 5) is 23.6. The van der Waals surface area contributed by atoms with Crippen LogP contribution < -0.4 is 0 Å². The third-order valence-corrected chi connectivity index (χ3v) is 0.822. The van der Waals surface area contributed by atoms with Crippen LogP contribution >= 0.6 is 0 Å². The monoisotopic (exact) mass is 244 g/mol. The minimum absolute atomic E-state index is 0. The van der Waals surface area contributed by atoms with Crippen molar-refractivity contribution >= 4 is 77.9 Å². The van der Waals surface area contributed by atoms with Gasteiger partial charge in [-0.25, -0.2) is 0 Å². The van der Waals surface area contributed by atoms with Gasteiger partial charge in [-0.1, -0.05) is 0 Å². The molecule has 0 amide bonds. The van der Waals surface area contributed by atoms with Gasteiger partial charge in [-0.05, 0) is 0 Å². The van der Waals surface area contributed by atoms with Crippen molar-refractivity contribution in [3.8, 4) is 0 Å². The molecule has 3 N–H and O–H groups in total. The van der Waals surface area contributed by atoms with E-state index in [4.69, 9.17) is 14.4 Å². The topological polar surface area (TPSA) is 69.9 Å². The first-order chi connectivity index (χ1) is 2.56. The summed E-state index contributed by atoms with van der Waals surface area (Å²) in [5.41, 5.74) is 0. The Morgan fingerprint density at radius 2 is 1.43 bits per heavy atom. The predicted octanol–water partition coefficient (Wildman–Crippen LogP) is -2.60. The van der Waals surface area contributed by atoms with E-state index in [-0.39, 0.29) is 68.9 Å². The summed E-state index contributed by atoms with van der Waals surface area (Å²) >= 11 is 0. The first-order valence-corrected chi connectivity index (χ1v) is 3.03. The first kappa shape index (κ1) is 11.9. The molecule has 0 bridgehead atoms. The molecule has 0 aliphatic rings. The van der Waals surface area contributed by atoms with E-state index >= 15 is 0 Å². The van der Waals surface area contributed by atoms with Gasteiger partial charge in [0.25, 0.3) is 0 Å². The third kappa shape index (κ3) is 11.6. The van der Waals surface area contributed by atoms with Crippen LogP contribution in [0.2, 0.25) is 0 Å². The van der Waals surface area contributed by atoms with Crippen molar-refractivity contribution < 1.29 is 18.8 Å². The first-order valence-electron chi connectivity index (χ1n) is 1.28. The van der Waals surface area contributed by atoms with Gasteiger partial charge in [0.05, 0.1) is 0 Å². The molecule has 0 radical (unpaired) electrons. The van der Waals surface area contributed by atoms with E-state index < -0.39 is 9.05 Å². The summed E-state index contributed by atoms with van der Waals surface area (Å²) in [7, 11) is -3.11. The Hall–Kier alpha value is 2.11. The fraction of sp³-hybridized carbons (Fsp3) is 1.00. The van der Waals surface area contributed by atoms with Crippen LogP contribution in [0.1, 0.15) is 0 Å². The van der Waals surface area contributed by atoms with Gasteiger partial charge in [-0.15, -0.1) is 0 Å². The van der Waals surface area contributed by atoms with Crippen LogP contribution in [-0.4, -0.2) is 99.4 Å². The third-order valence-electron chi connectivity index (χ3n) is 0.274. The second-order valence-electron chi connectivity index (χ2n) is 0.778. The Morgan fingerprint density at radius 3 is 1.43 bits per heavy atom. The number of hydrogen-bond donors (Lipinski definition) is 3. The zero-order valence-electron chi connectivity index (χ0n) is 3.25. The zero-order valence-corrected chi connectivity index (χ0v) is 4.25. The molecule has 6 heteroatoms. The van der Waals surface area contributed by atoms with Crippen molar-refractivity contribution in [2.75, 3.05) is 7.11 Å². The summed E-state index contributed by atoms with van der Waals surface area (Å²) < 4.78 is 3.74. The molecule has 0 aromatic carbocycles. The minimum atomic E-state index is -4.13. The molecule has 7 heavy (non-hydrogen) atoms. The molecule has 0 saturated heterocycles. The van der Waals surface area contributed by atoms with E-state index in [2.05, 4.69) is 4.43 Å². The van der Waals surface area contributed by atoms with E-state index in [9.17, 15) is 0 Å². The fourth-order valence-electron chi connectivity index (χ4n) is 0. The second-order valence-corrected chi connectivity index (χ2v) is 2.33. The summed E-state index contributed by atoms with van der Waals surface area (Å²) in [5.74, 6) is 0. The molecular formula is CH7CsO4Si. The Bertz CT molecular complexity index is 41.4. The Balaban J connectivity index is 0. The molecule has 0 aliphatic heterocycles. The Labute approximate surface area is 101 Å². The van der Waals surface area contributed by atoms with Crippen LogP contribution in [0.15, 0.2) is 0 Å². The van der Waals surface area contributed by atoms with Gasteiger partial charge in [0.15, 0.2) is 0 Å². The van der Waals surface area contributed by atoms with Gasteiger partial charge in [-0.2, -0.15) is 0 Å². The van der Waals surface area contributed by atoms with Gasteiger partial charge < -0.3 is 18.8 Å². The number of rotatable bonds is 1. The maximum absolute atomic E-state index is 7.85. The van der Waals surface area contributed by atoms with Crippen LogP contribution in [0.5, 0.6) is 0 Å². The van der Waals surface area contributed by atoms with Gasteiger partial charge in [0.2, 0.25) is 0 Å². The van der Waals surface area contributed by atoms with Crippen molar-refractivity contribution in [3.05, 3.63) is 0 Å². The van der Waals surface area contributed by atoms with Crippen molar-refractivity contribution in [1.29, 1.82) is 0 Å². The molecule has 0 spiro atoms. The van der Waals surface area contributed by atoms with Crippen LogP contribution in [0.4, 0.5) is 0 Å². The van der Waals surface area contributed by atoms with E-state index in [1.54, 1.807) is 0 Å². The van der Waals surface area contributed by atoms with Crippen molar-refractivity contribution in [2.45, 2.75) is 0 Å². The molecule has 0 unspecified atom stereocenters. The normalized spacial score (nSPS) is 10.3. The second kappa shape index (κ2) is 4.94. The average molecular weight is 244 g/mol. The summed E-state index contributed by atoms with van der Waals surface area (Å²) in [6.45, 7) is 0. The molecule has 40 valence electrons. The van der Waals surface area contributed by atoms with Crippen molar-refractivity contribution in [3.63, 3.8) is 0 Å². The molecule has 0 atom stereocenters. The van der Waals surface area contributed by atoms with Gasteiger partial charge >= 0.3 is 77.9 Å². The molecule has 0 saturated carbocycles. The van der Waals surface area contributed by atoms with Gasteiger partial charge in [0.1, 0.15) is 0 Å². The summed E-state index contributed by atoms with van der Waals surface area (Å²) in [6, 6.07) is 0. The van der Waals surface area contributed by atoms with E-state index in [0.717, 1.165) is 7.11 Å². The fourth-order valence-corrected chi connectivity index (χ4v) is 0. The SMILES string of the molecule is CO[Si](O)(O)O.[CsH]. The molecule has 0 rings (SSSR count). The van der Waals surface area contributed by atoms with Gasteiger partial charge in [0, 0.05) is 7.11 Å². The van der Waals surface area contributed by atoms with E-state index in [0.29, 0.717) is 0 Å². The Kier molecular flexibility index (Phi) is 8.36. The predicted molar refractivity (Wildman–Crippen MR) is 26.6 cm³/mol. The summed E-state index contributed by atoms with van der Waals surface area (Å²) in [5, 5.41) is 0. The zero-order chi connectivity index (χ0) is 5.21. The van der Waals surface area contributed by atoms with Crippen LogP contribution in [-0.2, 0) is 4.43 Å². The maximum atomic E-state index is 7.85. The molecular weight excluding hydrogens is 237 g/mol. The van der Waals surface area contributed by atoms with Crippen LogP contribution in [0.3, 0.4) is 0 Å². The standard InChI is InChI=1S/CH6O4Si.Cs.H/c1-5-6(2,3)4;;/h2-4H,1H3;;. The molecule has 4 nitrogen and oxygen atoms in total. The molecule has 0 aromatic rings. The van der Waals surface area contributed by atoms with Crippen molar-refractivity contribution in [2.24, 2.45) is 0 Å². The van der Waals surface area contributed by atoms with E-state index in [1.165, 1.54) is 0 Å². The molecule has 0 fully saturated rings. The quantitative estimate of drug-likeness (QED) is 0.442. The van der Waals surface area contributed by atoms with Crippen LogP contribution in [0, 0.1) is 0 Å². The molecule has 0 aliphatic carbocycles. The summed E-state index contributed by atoms with van der Waals surface area (Å²) in [6.07, 6.45) is 0. The number of hydrogen-bond acceptors (Lipinski definition) is 4. The van der Waals surface area contributed by atoms with Crippen molar-refractivity contribution in [1.82, 2.24) is 0 Å². The van der Waals surface area contributed by atoms with E-state index in [1.807, 2.05) is 0 Å². The molecule has 0 aromatic heterocycles. The van der Waals surface area contributed by atoms with Gasteiger partial charge in [-0.3, -0.25) is 0 Å². The van der Waals surface area contributed by atoms with Crippen LogP contribution in [0.25, 0.3) is 0 Å². The average Bonchev–Trinajstić information content (AvgIpc) is 1.35.